The van der Waals surface area contributed by atoms with Crippen LogP contribution in [0.25, 0.3) is 22.3 Å². The van der Waals surface area contributed by atoms with E-state index in [0.29, 0.717) is 29.6 Å². The van der Waals surface area contributed by atoms with Crippen LogP contribution < -0.4 is 5.32 Å². The van der Waals surface area contributed by atoms with Crippen molar-refractivity contribution in [1.29, 1.82) is 0 Å². The van der Waals surface area contributed by atoms with Crippen molar-refractivity contribution in [3.8, 4) is 11.3 Å². The largest absolute Gasteiger partial charge is 0.478 e. The zero-order chi connectivity index (χ0) is 26.9. The van der Waals surface area contributed by atoms with Gasteiger partial charge in [0.1, 0.15) is 17.0 Å². The van der Waals surface area contributed by atoms with Crippen LogP contribution in [0.1, 0.15) is 26.3 Å². The van der Waals surface area contributed by atoms with Gasteiger partial charge in [-0.25, -0.2) is 9.18 Å². The van der Waals surface area contributed by atoms with Gasteiger partial charge in [-0.1, -0.05) is 17.7 Å². The lowest BCUT2D eigenvalue weighted by Gasteiger charge is -2.13. The first-order valence-corrected chi connectivity index (χ1v) is 11.0. The molecule has 0 saturated heterocycles. The van der Waals surface area contributed by atoms with Crippen molar-refractivity contribution in [2.45, 2.75) is 6.18 Å². The van der Waals surface area contributed by atoms with Crippen LogP contribution in [0.15, 0.2) is 48.7 Å². The molecule has 0 atom stereocenters. The second kappa shape index (κ2) is 10.1. The first-order chi connectivity index (χ1) is 17.5. The molecule has 4 rings (SSSR count). The number of halogens is 5. The van der Waals surface area contributed by atoms with E-state index in [-0.39, 0.29) is 27.9 Å². The molecule has 37 heavy (non-hydrogen) atoms. The monoisotopic (exact) mass is 536 g/mol. The number of aromatic carboxylic acids is 1. The van der Waals surface area contributed by atoms with Crippen LogP contribution in [0, 0.1) is 5.82 Å². The molecule has 0 fully saturated rings. The van der Waals surface area contributed by atoms with Gasteiger partial charge >= 0.3 is 12.1 Å². The summed E-state index contributed by atoms with van der Waals surface area (Å²) in [7, 11) is 1.50. The molecule has 2 N–H and O–H groups in total. The minimum atomic E-state index is -4.90. The molecule has 4 aromatic rings. The fourth-order valence-electron chi connectivity index (χ4n) is 3.65. The lowest BCUT2D eigenvalue weighted by molar-refractivity contribution is -0.137. The minimum absolute atomic E-state index is 0.00627. The van der Waals surface area contributed by atoms with E-state index in [1.54, 1.807) is 0 Å². The maximum atomic E-state index is 14.9. The first kappa shape index (κ1) is 26.0. The molecule has 0 radical (unpaired) electrons. The van der Waals surface area contributed by atoms with Crippen LogP contribution in [0.5, 0.6) is 0 Å². The van der Waals surface area contributed by atoms with Gasteiger partial charge in [-0.2, -0.15) is 23.0 Å². The van der Waals surface area contributed by atoms with Gasteiger partial charge in [0.05, 0.1) is 45.7 Å². The third-order valence-corrected chi connectivity index (χ3v) is 5.67. The molecule has 8 nitrogen and oxygen atoms in total. The number of pyridine rings is 1. The van der Waals surface area contributed by atoms with E-state index in [0.717, 1.165) is 30.3 Å². The number of nitrogens with one attached hydrogen (secondary N) is 1. The molecular weight excluding hydrogens is 520 g/mol. The summed E-state index contributed by atoms with van der Waals surface area (Å²) in [5.41, 5.74) is -2.47. The van der Waals surface area contributed by atoms with Gasteiger partial charge in [0.2, 0.25) is 0 Å². The zero-order valence-electron chi connectivity index (χ0n) is 18.9. The van der Waals surface area contributed by atoms with Crippen molar-refractivity contribution >= 4 is 40.2 Å². The fraction of sp³-hybridized carbons (Fsp3) is 0.167. The van der Waals surface area contributed by atoms with Gasteiger partial charge in [0.25, 0.3) is 5.91 Å². The zero-order valence-corrected chi connectivity index (χ0v) is 19.7. The average molecular weight is 537 g/mol. The number of methoxy groups -OCH3 is 1. The Kier molecular flexibility index (Phi) is 7.14. The predicted molar refractivity (Wildman–Crippen MR) is 126 cm³/mol. The number of ether oxygens (including phenoxy) is 1. The van der Waals surface area contributed by atoms with Crippen LogP contribution in [-0.2, 0) is 10.9 Å². The van der Waals surface area contributed by atoms with Crippen molar-refractivity contribution in [2.75, 3.05) is 25.6 Å². The summed E-state index contributed by atoms with van der Waals surface area (Å²) < 4.78 is 61.7. The summed E-state index contributed by atoms with van der Waals surface area (Å²) in [6.45, 7) is 0.684. The van der Waals surface area contributed by atoms with Gasteiger partial charge in [0, 0.05) is 19.2 Å². The molecular formula is C24H17ClF4N4O4. The van der Waals surface area contributed by atoms with E-state index in [2.05, 4.69) is 15.4 Å². The van der Waals surface area contributed by atoms with Gasteiger partial charge in [-0.3, -0.25) is 9.78 Å². The van der Waals surface area contributed by atoms with E-state index >= 15 is 0 Å². The number of carbonyl (C=O) groups excluding carboxylic acids is 1. The maximum Gasteiger partial charge on any atom is 0.417 e. The number of anilines is 1. The number of fused-ring (bicyclic) bond motifs is 1. The Morgan fingerprint density at radius 3 is 2.59 bits per heavy atom. The molecule has 13 heteroatoms. The van der Waals surface area contributed by atoms with Crippen LogP contribution in [0.2, 0.25) is 5.02 Å². The molecule has 2 aromatic carbocycles. The molecule has 0 unspecified atom stereocenters. The Balaban J connectivity index is 1.95. The Labute approximate surface area is 211 Å². The first-order valence-electron chi connectivity index (χ1n) is 10.6. The Hall–Kier alpha value is -4.03. The number of carbonyl (C=O) groups is 2. The second-order valence-corrected chi connectivity index (χ2v) is 8.14. The summed E-state index contributed by atoms with van der Waals surface area (Å²) in [6.07, 6.45) is -3.52. The average Bonchev–Trinajstić information content (AvgIpc) is 3.21. The molecule has 2 heterocycles. The van der Waals surface area contributed by atoms with Crippen LogP contribution >= 0.6 is 11.6 Å². The van der Waals surface area contributed by atoms with E-state index in [1.807, 2.05) is 0 Å². The number of nitrogens with zero attached hydrogens (tertiary/aromatic N) is 3. The van der Waals surface area contributed by atoms with Gasteiger partial charge in [-0.15, -0.1) is 0 Å². The fourth-order valence-corrected chi connectivity index (χ4v) is 3.91. The van der Waals surface area contributed by atoms with E-state index in [1.165, 1.54) is 19.4 Å². The smallest absolute Gasteiger partial charge is 0.417 e. The number of rotatable bonds is 7. The molecule has 0 aliphatic heterocycles. The molecule has 2 aromatic heterocycles. The van der Waals surface area contributed by atoms with Crippen molar-refractivity contribution in [3.05, 3.63) is 76.2 Å². The topological polar surface area (TPSA) is 106 Å². The van der Waals surface area contributed by atoms with Gasteiger partial charge < -0.3 is 15.2 Å². The Morgan fingerprint density at radius 2 is 1.95 bits per heavy atom. The lowest BCUT2D eigenvalue weighted by atomic mass is 10.1. The molecule has 0 aliphatic carbocycles. The summed E-state index contributed by atoms with van der Waals surface area (Å²) in [5, 5.41) is 15.8. The second-order valence-electron chi connectivity index (χ2n) is 7.74. The van der Waals surface area contributed by atoms with Crippen LogP contribution in [0.3, 0.4) is 0 Å². The Morgan fingerprint density at radius 1 is 1.19 bits per heavy atom. The van der Waals surface area contributed by atoms with Gasteiger partial charge in [-0.05, 0) is 36.4 Å². The molecule has 0 aliphatic rings. The van der Waals surface area contributed by atoms with Crippen molar-refractivity contribution in [1.82, 2.24) is 14.8 Å². The minimum Gasteiger partial charge on any atom is -0.478 e. The molecule has 192 valence electrons. The van der Waals surface area contributed by atoms with Crippen molar-refractivity contribution < 1.29 is 37.0 Å². The van der Waals surface area contributed by atoms with E-state index in [9.17, 15) is 27.2 Å². The Bertz CT molecular complexity index is 1520. The SMILES string of the molecule is COCCNc1cnc2c(-c3ccc(C(=O)O)cc3F)nn(C(=O)c3c(Cl)cccc3C(F)(F)F)c2c1. The molecule has 0 amide bonds. The highest BCUT2D eigenvalue weighted by Crippen LogP contribution is 2.37. The van der Waals surface area contributed by atoms with Crippen molar-refractivity contribution in [3.63, 3.8) is 0 Å². The predicted octanol–water partition coefficient (Wildman–Crippen LogP) is 5.35. The van der Waals surface area contributed by atoms with Gasteiger partial charge in [0.15, 0.2) is 0 Å². The summed E-state index contributed by atoms with van der Waals surface area (Å²) in [6, 6.07) is 7.36. The molecule has 0 spiro atoms. The number of aromatic nitrogens is 3. The number of hydrogen-bond donors (Lipinski definition) is 2. The summed E-state index contributed by atoms with van der Waals surface area (Å²) in [5.74, 6) is -3.55. The molecule has 0 bridgehead atoms. The van der Waals surface area contributed by atoms with Crippen molar-refractivity contribution in [2.24, 2.45) is 0 Å². The highest BCUT2D eigenvalue weighted by molar-refractivity contribution is 6.34. The highest BCUT2D eigenvalue weighted by Gasteiger charge is 2.37. The standard InChI is InChI=1S/C24H17ClF4N4O4/c1-37-8-7-30-13-10-18-21(31-11-13)20(14-6-5-12(23(35)36)9-17(14)26)32-33(18)22(34)19-15(24(27,28)29)3-2-4-16(19)25/h2-6,9-11,30H,7-8H2,1H3,(H,35,36). The number of alkyl halides is 3. The maximum absolute atomic E-state index is 14.9. The molecule has 0 saturated carbocycles. The number of benzene rings is 2. The summed E-state index contributed by atoms with van der Waals surface area (Å²) >= 11 is 6.02. The summed E-state index contributed by atoms with van der Waals surface area (Å²) in [4.78, 5) is 28.9. The highest BCUT2D eigenvalue weighted by atomic mass is 35.5. The van der Waals surface area contributed by atoms with E-state index in [4.69, 9.17) is 21.4 Å². The van der Waals surface area contributed by atoms with E-state index < -0.39 is 40.0 Å². The third kappa shape index (κ3) is 5.11. The third-order valence-electron chi connectivity index (χ3n) is 5.35. The number of carboxylic acid groups (broad SMARTS) is 1. The van der Waals surface area contributed by atoms with Crippen LogP contribution in [0.4, 0.5) is 23.2 Å². The number of carboxylic acids is 1. The normalized spacial score (nSPS) is 11.6. The quantitative estimate of drug-likeness (QED) is 0.242. The van der Waals surface area contributed by atoms with Crippen LogP contribution in [-0.4, -0.2) is 52.0 Å². The number of hydrogen-bond acceptors (Lipinski definition) is 6. The lowest BCUT2D eigenvalue weighted by Crippen LogP contribution is -2.20.